The molecule has 21 heavy (non-hydrogen) atoms. The number of fused-ring (bicyclic) bond motifs is 1. The highest BCUT2D eigenvalue weighted by Gasteiger charge is 2.22. The maximum absolute atomic E-state index is 11.8. The van der Waals surface area contributed by atoms with Crippen LogP contribution >= 0.6 is 0 Å². The second-order valence-electron chi connectivity index (χ2n) is 6.04. The lowest BCUT2D eigenvalue weighted by molar-refractivity contribution is -0.0704. The Hall–Kier alpha value is -1.65. The van der Waals surface area contributed by atoms with Crippen molar-refractivity contribution in [2.45, 2.75) is 39.5 Å². The summed E-state index contributed by atoms with van der Waals surface area (Å²) in [6.07, 6.45) is 0.449. The van der Waals surface area contributed by atoms with Gasteiger partial charge in [0.25, 0.3) is 0 Å². The molecule has 2 aromatic rings. The van der Waals surface area contributed by atoms with Crippen molar-refractivity contribution in [1.82, 2.24) is 4.90 Å². The Labute approximate surface area is 124 Å². The number of ether oxygens (including phenoxy) is 1. The van der Waals surface area contributed by atoms with Crippen molar-refractivity contribution < 1.29 is 9.15 Å². The number of morpholine rings is 1. The molecular weight excluding hydrogens is 266 g/mol. The molecule has 1 fully saturated rings. The summed E-state index contributed by atoms with van der Waals surface area (Å²) in [6, 6.07) is 7.62. The van der Waals surface area contributed by atoms with Crippen molar-refractivity contribution in [3.63, 3.8) is 0 Å². The van der Waals surface area contributed by atoms with E-state index < -0.39 is 0 Å². The summed E-state index contributed by atoms with van der Waals surface area (Å²) in [4.78, 5) is 14.1. The third-order valence-electron chi connectivity index (χ3n) is 3.87. The van der Waals surface area contributed by atoms with Crippen LogP contribution in [0.1, 0.15) is 25.0 Å². The monoisotopic (exact) mass is 287 g/mol. The van der Waals surface area contributed by atoms with Crippen LogP contribution in [0, 0.1) is 6.92 Å². The van der Waals surface area contributed by atoms with Gasteiger partial charge in [0, 0.05) is 31.1 Å². The molecule has 0 aliphatic carbocycles. The van der Waals surface area contributed by atoms with Crippen molar-refractivity contribution in [2.75, 3.05) is 13.1 Å². The molecule has 1 aliphatic rings. The first kappa shape index (κ1) is 14.3. The number of hydrogen-bond acceptors (Lipinski definition) is 4. The van der Waals surface area contributed by atoms with Crippen LogP contribution in [0.5, 0.6) is 0 Å². The lowest BCUT2D eigenvalue weighted by atomic mass is 10.1. The second kappa shape index (κ2) is 5.62. The highest BCUT2D eigenvalue weighted by atomic mass is 16.5. The van der Waals surface area contributed by atoms with Crippen LogP contribution < -0.4 is 5.63 Å². The normalized spacial score (nSPS) is 23.6. The van der Waals surface area contributed by atoms with E-state index in [2.05, 4.69) is 24.8 Å². The average Bonchev–Trinajstić information content (AvgIpc) is 2.36. The van der Waals surface area contributed by atoms with Crippen LogP contribution in [-0.4, -0.2) is 30.2 Å². The van der Waals surface area contributed by atoms with Gasteiger partial charge in [-0.25, -0.2) is 4.79 Å². The van der Waals surface area contributed by atoms with Crippen molar-refractivity contribution in [1.29, 1.82) is 0 Å². The minimum absolute atomic E-state index is 0.224. The Balaban J connectivity index is 1.95. The molecule has 1 saturated heterocycles. The molecule has 0 N–H and O–H groups in total. The molecular formula is C17H21NO3. The first-order valence-corrected chi connectivity index (χ1v) is 7.42. The molecule has 0 radical (unpaired) electrons. The molecule has 1 aromatic carbocycles. The van der Waals surface area contributed by atoms with Crippen LogP contribution in [0.25, 0.3) is 11.0 Å². The molecule has 0 bridgehead atoms. The topological polar surface area (TPSA) is 42.7 Å². The van der Waals surface area contributed by atoms with E-state index in [-0.39, 0.29) is 17.8 Å². The van der Waals surface area contributed by atoms with Gasteiger partial charge in [-0.1, -0.05) is 12.1 Å². The number of benzene rings is 1. The Morgan fingerprint density at radius 2 is 1.90 bits per heavy atom. The standard InChI is InChI=1S/C17H21NO3/c1-11-4-5-15-14(7-17(19)21-16(15)6-11)10-18-8-12(2)20-13(3)9-18/h4-7,12-13H,8-10H2,1-3H3/t12-,13-/m0/s1. The highest BCUT2D eigenvalue weighted by Crippen LogP contribution is 2.21. The maximum atomic E-state index is 11.8. The van der Waals surface area contributed by atoms with Gasteiger partial charge in [0.1, 0.15) is 5.58 Å². The average molecular weight is 287 g/mol. The summed E-state index contributed by atoms with van der Waals surface area (Å²) in [7, 11) is 0. The van der Waals surface area contributed by atoms with E-state index in [9.17, 15) is 4.79 Å². The van der Waals surface area contributed by atoms with Crippen LogP contribution in [0.3, 0.4) is 0 Å². The smallest absolute Gasteiger partial charge is 0.336 e. The fourth-order valence-electron chi connectivity index (χ4n) is 3.12. The van der Waals surface area contributed by atoms with Crippen LogP contribution in [0.15, 0.2) is 33.5 Å². The van der Waals surface area contributed by atoms with Gasteiger partial charge < -0.3 is 9.15 Å². The van der Waals surface area contributed by atoms with Gasteiger partial charge in [-0.3, -0.25) is 4.90 Å². The van der Waals surface area contributed by atoms with E-state index in [1.54, 1.807) is 6.07 Å². The minimum Gasteiger partial charge on any atom is -0.423 e. The molecule has 2 heterocycles. The molecule has 2 atom stereocenters. The highest BCUT2D eigenvalue weighted by molar-refractivity contribution is 5.80. The summed E-state index contributed by atoms with van der Waals surface area (Å²) >= 11 is 0. The Bertz CT molecular complexity index is 697. The van der Waals surface area contributed by atoms with Crippen molar-refractivity contribution in [3.8, 4) is 0 Å². The number of aryl methyl sites for hydroxylation is 1. The molecule has 1 aromatic heterocycles. The lowest BCUT2D eigenvalue weighted by Crippen LogP contribution is -2.44. The molecule has 0 saturated carbocycles. The van der Waals surface area contributed by atoms with Gasteiger partial charge in [0.05, 0.1) is 12.2 Å². The van der Waals surface area contributed by atoms with Gasteiger partial charge >= 0.3 is 5.63 Å². The van der Waals surface area contributed by atoms with E-state index in [0.717, 1.165) is 36.1 Å². The molecule has 0 unspecified atom stereocenters. The molecule has 0 spiro atoms. The maximum Gasteiger partial charge on any atom is 0.336 e. The summed E-state index contributed by atoms with van der Waals surface area (Å²) in [6.45, 7) is 8.70. The summed E-state index contributed by atoms with van der Waals surface area (Å²) in [5.41, 5.74) is 2.52. The molecule has 4 nitrogen and oxygen atoms in total. The Kier molecular flexibility index (Phi) is 3.83. The molecule has 1 aliphatic heterocycles. The predicted molar refractivity (Wildman–Crippen MR) is 82.5 cm³/mol. The van der Waals surface area contributed by atoms with E-state index in [1.165, 1.54) is 0 Å². The van der Waals surface area contributed by atoms with Gasteiger partial charge in [0.15, 0.2) is 0 Å². The molecule has 112 valence electrons. The van der Waals surface area contributed by atoms with Crippen LogP contribution in [0.2, 0.25) is 0 Å². The van der Waals surface area contributed by atoms with Crippen molar-refractivity contribution >= 4 is 11.0 Å². The fraction of sp³-hybridized carbons (Fsp3) is 0.471. The number of nitrogens with zero attached hydrogens (tertiary/aromatic N) is 1. The van der Waals surface area contributed by atoms with E-state index in [1.807, 2.05) is 19.1 Å². The summed E-state index contributed by atoms with van der Waals surface area (Å²) < 4.78 is 11.1. The first-order chi connectivity index (χ1) is 10.0. The minimum atomic E-state index is -0.280. The van der Waals surface area contributed by atoms with Gasteiger partial charge in [0.2, 0.25) is 0 Å². The Morgan fingerprint density at radius 1 is 1.19 bits per heavy atom. The van der Waals surface area contributed by atoms with E-state index in [0.29, 0.717) is 5.58 Å². The fourth-order valence-corrected chi connectivity index (χ4v) is 3.12. The van der Waals surface area contributed by atoms with Gasteiger partial charge in [-0.2, -0.15) is 0 Å². The van der Waals surface area contributed by atoms with Gasteiger partial charge in [-0.15, -0.1) is 0 Å². The molecule has 0 amide bonds. The summed E-state index contributed by atoms with van der Waals surface area (Å²) in [5, 5.41) is 1.02. The van der Waals surface area contributed by atoms with E-state index in [4.69, 9.17) is 9.15 Å². The van der Waals surface area contributed by atoms with Crippen molar-refractivity contribution in [2.24, 2.45) is 0 Å². The zero-order valence-corrected chi connectivity index (χ0v) is 12.8. The predicted octanol–water partition coefficient (Wildman–Crippen LogP) is 2.71. The summed E-state index contributed by atoms with van der Waals surface area (Å²) in [5.74, 6) is 0. The van der Waals surface area contributed by atoms with E-state index >= 15 is 0 Å². The quantitative estimate of drug-likeness (QED) is 0.797. The first-order valence-electron chi connectivity index (χ1n) is 7.42. The molecule has 4 heteroatoms. The van der Waals surface area contributed by atoms with Crippen LogP contribution in [-0.2, 0) is 11.3 Å². The molecule has 3 rings (SSSR count). The SMILES string of the molecule is Cc1ccc2c(CN3C[C@H](C)O[C@@H](C)C3)cc(=O)oc2c1. The zero-order valence-electron chi connectivity index (χ0n) is 12.8. The number of hydrogen-bond donors (Lipinski definition) is 0. The van der Waals surface area contributed by atoms with Gasteiger partial charge in [-0.05, 0) is 38.0 Å². The second-order valence-corrected chi connectivity index (χ2v) is 6.04. The zero-order chi connectivity index (χ0) is 15.0. The third kappa shape index (κ3) is 3.17. The van der Waals surface area contributed by atoms with Crippen LogP contribution in [0.4, 0.5) is 0 Å². The number of rotatable bonds is 2. The third-order valence-corrected chi connectivity index (χ3v) is 3.87. The lowest BCUT2D eigenvalue weighted by Gasteiger charge is -2.35. The largest absolute Gasteiger partial charge is 0.423 e. The van der Waals surface area contributed by atoms with Crippen molar-refractivity contribution in [3.05, 3.63) is 45.8 Å². The Morgan fingerprint density at radius 3 is 2.62 bits per heavy atom.